The Morgan fingerprint density at radius 1 is 0.684 bits per heavy atom. The van der Waals surface area contributed by atoms with Gasteiger partial charge >= 0.3 is 0 Å². The predicted molar refractivity (Wildman–Crippen MR) is 67.4 cm³/mol. The van der Waals surface area contributed by atoms with Crippen LogP contribution in [-0.4, -0.2) is 13.2 Å². The summed E-state index contributed by atoms with van der Waals surface area (Å²) in [5.41, 5.74) is 0. The number of ether oxygens (including phenoxy) is 2. The molecule has 4 nitrogen and oxygen atoms in total. The lowest BCUT2D eigenvalue weighted by molar-refractivity contribution is -0.270. The molecule has 0 saturated heterocycles. The van der Waals surface area contributed by atoms with E-state index in [0.717, 1.165) is 0 Å². The number of benzene rings is 2. The first-order valence-corrected chi connectivity index (χ1v) is 6.05. The summed E-state index contributed by atoms with van der Waals surface area (Å²) in [6.45, 7) is 0.751. The summed E-state index contributed by atoms with van der Waals surface area (Å²) in [6.07, 6.45) is 0.600. The maximum absolute atomic E-state index is 11.4. The third kappa shape index (κ3) is 3.81. The van der Waals surface area contributed by atoms with E-state index in [-0.39, 0.29) is 11.5 Å². The van der Waals surface area contributed by atoms with Crippen molar-refractivity contribution in [1.29, 1.82) is 0 Å². The van der Waals surface area contributed by atoms with Crippen LogP contribution in [0.5, 0.6) is 23.0 Å². The summed E-state index contributed by atoms with van der Waals surface area (Å²) >= 11 is 0. The van der Waals surface area contributed by atoms with Gasteiger partial charge in [0.1, 0.15) is 11.5 Å². The summed E-state index contributed by atoms with van der Waals surface area (Å²) in [7, 11) is 0. The summed E-state index contributed by atoms with van der Waals surface area (Å²) in [5, 5.41) is 22.7. The van der Waals surface area contributed by atoms with Gasteiger partial charge in [-0.25, -0.2) is 0 Å². The molecule has 0 aliphatic rings. The number of rotatable bonds is 6. The second-order valence-corrected chi connectivity index (χ2v) is 3.94. The van der Waals surface area contributed by atoms with Crippen LogP contribution in [0.2, 0.25) is 0 Å². The third-order valence-corrected chi connectivity index (χ3v) is 2.50. The van der Waals surface area contributed by atoms with Crippen molar-refractivity contribution < 1.29 is 19.7 Å². The Balaban J connectivity index is 1.71. The number of hydrogen-bond acceptors (Lipinski definition) is 4. The van der Waals surface area contributed by atoms with Crippen molar-refractivity contribution in [3.63, 3.8) is 0 Å². The van der Waals surface area contributed by atoms with Crippen LogP contribution < -0.4 is 19.7 Å². The van der Waals surface area contributed by atoms with E-state index in [4.69, 9.17) is 9.47 Å². The van der Waals surface area contributed by atoms with E-state index < -0.39 is 0 Å². The van der Waals surface area contributed by atoms with Crippen molar-refractivity contribution in [3.05, 3.63) is 48.5 Å². The van der Waals surface area contributed by atoms with Crippen molar-refractivity contribution in [1.82, 2.24) is 0 Å². The van der Waals surface area contributed by atoms with Crippen molar-refractivity contribution in [2.75, 3.05) is 13.2 Å². The zero-order chi connectivity index (χ0) is 13.5. The molecule has 0 heterocycles. The van der Waals surface area contributed by atoms with Crippen molar-refractivity contribution in [2.24, 2.45) is 0 Å². The fourth-order valence-corrected chi connectivity index (χ4v) is 1.56. The molecule has 0 bridgehead atoms. The molecule has 4 heteroatoms. The van der Waals surface area contributed by atoms with E-state index in [1.165, 1.54) is 12.1 Å². The van der Waals surface area contributed by atoms with Crippen molar-refractivity contribution in [2.45, 2.75) is 6.42 Å². The second-order valence-electron chi connectivity index (χ2n) is 3.94. The highest BCUT2D eigenvalue weighted by Gasteiger charge is 1.96. The highest BCUT2D eigenvalue weighted by molar-refractivity contribution is 5.37. The van der Waals surface area contributed by atoms with Gasteiger partial charge in [-0.15, -0.1) is 0 Å². The first-order chi connectivity index (χ1) is 9.27. The second kappa shape index (κ2) is 6.54. The molecular formula is C15H14O4-2. The maximum Gasteiger partial charge on any atom is 0.111 e. The number of hydrogen-bond donors (Lipinski definition) is 0. The molecule has 0 radical (unpaired) electrons. The van der Waals surface area contributed by atoms with Gasteiger partial charge in [0, 0.05) is 6.42 Å². The third-order valence-electron chi connectivity index (χ3n) is 2.50. The molecule has 0 fully saturated rings. The Bertz CT molecular complexity index is 478. The average Bonchev–Trinajstić information content (AvgIpc) is 2.42. The van der Waals surface area contributed by atoms with Gasteiger partial charge in [-0.1, -0.05) is 47.9 Å². The van der Waals surface area contributed by atoms with Crippen molar-refractivity contribution >= 4 is 0 Å². The number of para-hydroxylation sites is 4. The molecular weight excluding hydrogens is 244 g/mol. The van der Waals surface area contributed by atoms with E-state index in [1.807, 2.05) is 0 Å². The average molecular weight is 258 g/mol. The smallest absolute Gasteiger partial charge is 0.111 e. The molecule has 2 rings (SSSR count). The van der Waals surface area contributed by atoms with E-state index in [2.05, 4.69) is 0 Å². The van der Waals surface area contributed by atoms with Gasteiger partial charge in [-0.05, 0) is 12.1 Å². The Hall–Kier alpha value is -2.36. The lowest BCUT2D eigenvalue weighted by Gasteiger charge is -2.15. The van der Waals surface area contributed by atoms with Crippen LogP contribution >= 0.6 is 0 Å². The van der Waals surface area contributed by atoms with Crippen LogP contribution in [0.15, 0.2) is 48.5 Å². The van der Waals surface area contributed by atoms with Crippen LogP contribution in [0.25, 0.3) is 0 Å². The predicted octanol–water partition coefficient (Wildman–Crippen LogP) is 1.68. The van der Waals surface area contributed by atoms with Gasteiger partial charge in [0.2, 0.25) is 0 Å². The highest BCUT2D eigenvalue weighted by atomic mass is 16.5. The van der Waals surface area contributed by atoms with Crippen molar-refractivity contribution in [3.8, 4) is 23.0 Å². The fraction of sp³-hybridized carbons (Fsp3) is 0.200. The lowest BCUT2D eigenvalue weighted by atomic mass is 10.3. The quantitative estimate of drug-likeness (QED) is 0.739. The lowest BCUT2D eigenvalue weighted by Crippen LogP contribution is -2.07. The molecule has 0 spiro atoms. The zero-order valence-electron chi connectivity index (χ0n) is 10.4. The standard InChI is InChI=1S/C15H16O4/c16-12-6-1-3-8-14(12)18-10-5-11-19-15-9-4-2-7-13(15)17/h1-4,6-9,16-17H,5,10-11H2/p-2. The normalized spacial score (nSPS) is 10.1. The molecule has 0 amide bonds. The highest BCUT2D eigenvalue weighted by Crippen LogP contribution is 2.22. The van der Waals surface area contributed by atoms with Crippen LogP contribution in [-0.2, 0) is 0 Å². The first kappa shape index (κ1) is 13.1. The van der Waals surface area contributed by atoms with Gasteiger partial charge in [-0.2, -0.15) is 0 Å². The molecule has 0 aliphatic heterocycles. The molecule has 0 unspecified atom stereocenters. The van der Waals surface area contributed by atoms with E-state index in [9.17, 15) is 10.2 Å². The minimum absolute atomic E-state index is 0.131. The molecule has 100 valence electrons. The van der Waals surface area contributed by atoms with Gasteiger partial charge in [0.15, 0.2) is 0 Å². The zero-order valence-corrected chi connectivity index (χ0v) is 10.4. The largest absolute Gasteiger partial charge is 0.870 e. The van der Waals surface area contributed by atoms with Gasteiger partial charge in [-0.3, -0.25) is 0 Å². The van der Waals surface area contributed by atoms with Crippen LogP contribution in [0.4, 0.5) is 0 Å². The molecule has 0 N–H and O–H groups in total. The first-order valence-electron chi connectivity index (χ1n) is 6.05. The summed E-state index contributed by atoms with van der Waals surface area (Å²) < 4.78 is 10.7. The monoisotopic (exact) mass is 258 g/mol. The minimum Gasteiger partial charge on any atom is -0.870 e. The summed E-state index contributed by atoms with van der Waals surface area (Å²) in [4.78, 5) is 0. The van der Waals surface area contributed by atoms with Crippen LogP contribution in [0.3, 0.4) is 0 Å². The molecule has 0 aliphatic carbocycles. The van der Waals surface area contributed by atoms with Gasteiger partial charge in [0.05, 0.1) is 13.2 Å². The van der Waals surface area contributed by atoms with Crippen LogP contribution in [0.1, 0.15) is 6.42 Å². The molecule has 0 atom stereocenters. The maximum atomic E-state index is 11.4. The van der Waals surface area contributed by atoms with Crippen LogP contribution in [0, 0.1) is 0 Å². The van der Waals surface area contributed by atoms with Gasteiger partial charge in [0.25, 0.3) is 0 Å². The minimum atomic E-state index is -0.131. The molecule has 2 aromatic carbocycles. The molecule has 0 aromatic heterocycles. The summed E-state index contributed by atoms with van der Waals surface area (Å²) in [5.74, 6) is 0.417. The topological polar surface area (TPSA) is 64.6 Å². The van der Waals surface area contributed by atoms with E-state index >= 15 is 0 Å². The Kier molecular flexibility index (Phi) is 4.50. The Morgan fingerprint density at radius 3 is 1.53 bits per heavy atom. The Labute approximate surface area is 111 Å². The van der Waals surface area contributed by atoms with E-state index in [1.54, 1.807) is 36.4 Å². The van der Waals surface area contributed by atoms with E-state index in [0.29, 0.717) is 31.1 Å². The van der Waals surface area contributed by atoms with Gasteiger partial charge < -0.3 is 19.7 Å². The molecule has 0 saturated carbocycles. The molecule has 19 heavy (non-hydrogen) atoms. The fourth-order valence-electron chi connectivity index (χ4n) is 1.56. The summed E-state index contributed by atoms with van der Waals surface area (Å²) in [6, 6.07) is 13.0. The SMILES string of the molecule is [O-]c1ccccc1OCCCOc1ccccc1[O-]. The Morgan fingerprint density at radius 2 is 1.11 bits per heavy atom. The molecule has 2 aromatic rings.